The number of nitrogens with one attached hydrogen (secondary N) is 3. The first-order chi connectivity index (χ1) is 12.8. The Hall–Kier alpha value is -2.44. The van der Waals surface area contributed by atoms with E-state index in [2.05, 4.69) is 20.9 Å². The van der Waals surface area contributed by atoms with Gasteiger partial charge in [-0.3, -0.25) is 9.79 Å². The zero-order valence-corrected chi connectivity index (χ0v) is 15.3. The van der Waals surface area contributed by atoms with Gasteiger partial charge in [0.05, 0.1) is 13.2 Å². The topological polar surface area (TPSA) is 84.0 Å². The Labute approximate surface area is 154 Å². The molecule has 3 rings (SSSR count). The highest BCUT2D eigenvalue weighted by Gasteiger charge is 2.24. The molecule has 0 aromatic heterocycles. The summed E-state index contributed by atoms with van der Waals surface area (Å²) < 4.78 is 11.3. The largest absolute Gasteiger partial charge is 0.490 e. The quantitative estimate of drug-likeness (QED) is 0.411. The molecule has 1 aliphatic heterocycles. The first-order valence-electron chi connectivity index (χ1n) is 9.41. The van der Waals surface area contributed by atoms with Crippen molar-refractivity contribution in [1.82, 2.24) is 10.6 Å². The van der Waals surface area contributed by atoms with E-state index in [9.17, 15) is 4.79 Å². The van der Waals surface area contributed by atoms with Crippen molar-refractivity contribution in [2.75, 3.05) is 38.7 Å². The molecule has 1 amide bonds. The number of guanidine groups is 1. The van der Waals surface area contributed by atoms with E-state index < -0.39 is 0 Å². The van der Waals surface area contributed by atoms with Crippen molar-refractivity contribution in [3.05, 3.63) is 18.2 Å². The minimum absolute atomic E-state index is 0.200. The van der Waals surface area contributed by atoms with E-state index in [1.165, 1.54) is 6.42 Å². The maximum absolute atomic E-state index is 11.8. The first-order valence-corrected chi connectivity index (χ1v) is 9.41. The lowest BCUT2D eigenvalue weighted by Gasteiger charge is -2.24. The highest BCUT2D eigenvalue weighted by molar-refractivity contribution is 5.93. The van der Waals surface area contributed by atoms with Crippen LogP contribution in [-0.4, -0.2) is 45.2 Å². The second-order valence-corrected chi connectivity index (χ2v) is 6.61. The highest BCUT2D eigenvalue weighted by Crippen LogP contribution is 2.32. The number of hydrogen-bond donors (Lipinski definition) is 3. The second kappa shape index (κ2) is 9.31. The number of aliphatic imine (C=N–C) groups is 1. The number of benzene rings is 1. The van der Waals surface area contributed by atoms with Crippen LogP contribution in [0.25, 0.3) is 0 Å². The van der Waals surface area contributed by atoms with Crippen molar-refractivity contribution in [2.24, 2.45) is 10.9 Å². The number of fused-ring (bicyclic) bond motifs is 1. The molecule has 0 saturated heterocycles. The summed E-state index contributed by atoms with van der Waals surface area (Å²) in [5, 5.41) is 9.50. The third kappa shape index (κ3) is 5.03. The SMILES string of the molecule is CN=C(NCCCNC(=O)C1CCC1)Nc1ccc2c(c1)OCCCO2. The Balaban J connectivity index is 1.40. The lowest BCUT2D eigenvalue weighted by Crippen LogP contribution is -2.37. The van der Waals surface area contributed by atoms with Gasteiger partial charge in [0.1, 0.15) is 0 Å². The molecule has 142 valence electrons. The maximum Gasteiger partial charge on any atom is 0.223 e. The third-order valence-electron chi connectivity index (χ3n) is 4.66. The summed E-state index contributed by atoms with van der Waals surface area (Å²) in [6.45, 7) is 2.76. The van der Waals surface area contributed by atoms with Crippen LogP contribution in [0.3, 0.4) is 0 Å². The number of anilines is 1. The number of amides is 1. The van der Waals surface area contributed by atoms with Crippen LogP contribution in [0.4, 0.5) is 5.69 Å². The molecule has 1 aromatic carbocycles. The van der Waals surface area contributed by atoms with E-state index in [4.69, 9.17) is 9.47 Å². The summed E-state index contributed by atoms with van der Waals surface area (Å²) in [6.07, 6.45) is 4.99. The van der Waals surface area contributed by atoms with Gasteiger partial charge in [-0.1, -0.05) is 6.42 Å². The molecule has 7 heteroatoms. The van der Waals surface area contributed by atoms with E-state index in [-0.39, 0.29) is 11.8 Å². The smallest absolute Gasteiger partial charge is 0.223 e. The minimum atomic E-state index is 0.200. The average molecular weight is 360 g/mol. The van der Waals surface area contributed by atoms with Gasteiger partial charge >= 0.3 is 0 Å². The summed E-state index contributed by atoms with van der Waals surface area (Å²) in [5.74, 6) is 2.66. The van der Waals surface area contributed by atoms with E-state index in [1.54, 1.807) is 7.05 Å². The lowest BCUT2D eigenvalue weighted by molar-refractivity contribution is -0.127. The van der Waals surface area contributed by atoms with E-state index >= 15 is 0 Å². The Kier molecular flexibility index (Phi) is 6.57. The van der Waals surface area contributed by atoms with Crippen molar-refractivity contribution in [1.29, 1.82) is 0 Å². The number of ether oxygens (including phenoxy) is 2. The van der Waals surface area contributed by atoms with Crippen molar-refractivity contribution >= 4 is 17.6 Å². The number of carbonyl (C=O) groups excluding carboxylic acids is 1. The van der Waals surface area contributed by atoms with Crippen LogP contribution in [0.5, 0.6) is 11.5 Å². The number of rotatable bonds is 6. The van der Waals surface area contributed by atoms with Gasteiger partial charge in [0.25, 0.3) is 0 Å². The van der Waals surface area contributed by atoms with Crippen molar-refractivity contribution in [2.45, 2.75) is 32.1 Å². The molecule has 1 aromatic rings. The Bertz CT molecular complexity index is 644. The molecule has 7 nitrogen and oxygen atoms in total. The normalized spacial score (nSPS) is 17.0. The molecule has 1 heterocycles. The second-order valence-electron chi connectivity index (χ2n) is 6.61. The fraction of sp³-hybridized carbons (Fsp3) is 0.579. The molecule has 1 fully saturated rings. The monoisotopic (exact) mass is 360 g/mol. The molecule has 1 saturated carbocycles. The lowest BCUT2D eigenvalue weighted by atomic mass is 9.85. The molecule has 2 aliphatic rings. The highest BCUT2D eigenvalue weighted by atomic mass is 16.5. The fourth-order valence-corrected chi connectivity index (χ4v) is 2.88. The van der Waals surface area contributed by atoms with Gasteiger partial charge < -0.3 is 25.4 Å². The van der Waals surface area contributed by atoms with Crippen LogP contribution in [0.15, 0.2) is 23.2 Å². The van der Waals surface area contributed by atoms with Gasteiger partial charge in [0.15, 0.2) is 17.5 Å². The van der Waals surface area contributed by atoms with Crippen LogP contribution in [0, 0.1) is 5.92 Å². The fourth-order valence-electron chi connectivity index (χ4n) is 2.88. The van der Waals surface area contributed by atoms with E-state index in [0.29, 0.717) is 25.7 Å². The van der Waals surface area contributed by atoms with Crippen LogP contribution < -0.4 is 25.4 Å². The van der Waals surface area contributed by atoms with Crippen molar-refractivity contribution < 1.29 is 14.3 Å². The Morgan fingerprint density at radius 2 is 1.88 bits per heavy atom. The zero-order valence-electron chi connectivity index (χ0n) is 15.3. The van der Waals surface area contributed by atoms with Crippen LogP contribution in [-0.2, 0) is 4.79 Å². The van der Waals surface area contributed by atoms with Gasteiger partial charge in [-0.25, -0.2) is 0 Å². The van der Waals surface area contributed by atoms with Crippen LogP contribution >= 0.6 is 0 Å². The molecule has 0 atom stereocenters. The first kappa shape index (κ1) is 18.4. The predicted octanol–water partition coefficient (Wildman–Crippen LogP) is 2.14. The van der Waals surface area contributed by atoms with Crippen LogP contribution in [0.2, 0.25) is 0 Å². The molecule has 0 bridgehead atoms. The molecular formula is C19H28N4O3. The molecule has 0 spiro atoms. The summed E-state index contributed by atoms with van der Waals surface area (Å²) >= 11 is 0. The number of carbonyl (C=O) groups is 1. The standard InChI is InChI=1S/C19H28N4O3/c1-20-19(22-10-3-9-21-18(24)14-5-2-6-14)23-15-7-8-16-17(13-15)26-12-4-11-25-16/h7-8,13-14H,2-6,9-12H2,1H3,(H,21,24)(H2,20,22,23). The van der Waals surface area contributed by atoms with E-state index in [0.717, 1.165) is 49.4 Å². The van der Waals surface area contributed by atoms with Crippen molar-refractivity contribution in [3.8, 4) is 11.5 Å². The third-order valence-corrected chi connectivity index (χ3v) is 4.66. The van der Waals surface area contributed by atoms with Gasteiger partial charge in [-0.2, -0.15) is 0 Å². The number of nitrogens with zero attached hydrogens (tertiary/aromatic N) is 1. The Morgan fingerprint density at radius 1 is 1.12 bits per heavy atom. The molecule has 0 radical (unpaired) electrons. The minimum Gasteiger partial charge on any atom is -0.490 e. The van der Waals surface area contributed by atoms with E-state index in [1.807, 2.05) is 18.2 Å². The molecule has 1 aliphatic carbocycles. The van der Waals surface area contributed by atoms with Gasteiger partial charge in [0.2, 0.25) is 5.91 Å². The Morgan fingerprint density at radius 3 is 2.62 bits per heavy atom. The van der Waals surface area contributed by atoms with Gasteiger partial charge in [-0.05, 0) is 31.4 Å². The van der Waals surface area contributed by atoms with Crippen molar-refractivity contribution in [3.63, 3.8) is 0 Å². The summed E-state index contributed by atoms with van der Waals surface area (Å²) in [4.78, 5) is 16.0. The van der Waals surface area contributed by atoms with Crippen LogP contribution in [0.1, 0.15) is 32.1 Å². The number of hydrogen-bond acceptors (Lipinski definition) is 4. The molecule has 0 unspecified atom stereocenters. The van der Waals surface area contributed by atoms with Gasteiger partial charge in [-0.15, -0.1) is 0 Å². The maximum atomic E-state index is 11.8. The summed E-state index contributed by atoms with van der Waals surface area (Å²) in [6, 6.07) is 5.78. The predicted molar refractivity (Wildman–Crippen MR) is 102 cm³/mol. The summed E-state index contributed by atoms with van der Waals surface area (Å²) in [7, 11) is 1.73. The molecular weight excluding hydrogens is 332 g/mol. The molecule has 26 heavy (non-hydrogen) atoms. The average Bonchev–Trinajstić information content (AvgIpc) is 2.83. The zero-order chi connectivity index (χ0) is 18.2. The molecule has 3 N–H and O–H groups in total. The summed E-state index contributed by atoms with van der Waals surface area (Å²) in [5.41, 5.74) is 0.889. The van der Waals surface area contributed by atoms with Gasteiger partial charge in [0, 0.05) is 44.2 Å².